The first-order valence-corrected chi connectivity index (χ1v) is 7.93. The SMILES string of the molecule is CCCCCCCCc1ccc(O)c(CC(C)C=O)c1. The van der Waals surface area contributed by atoms with Crippen molar-refractivity contribution in [3.05, 3.63) is 29.3 Å². The number of rotatable bonds is 10. The lowest BCUT2D eigenvalue weighted by Gasteiger charge is -2.09. The average molecular weight is 276 g/mol. The van der Waals surface area contributed by atoms with Crippen molar-refractivity contribution in [2.24, 2.45) is 5.92 Å². The molecule has 0 saturated carbocycles. The Morgan fingerprint density at radius 1 is 1.15 bits per heavy atom. The van der Waals surface area contributed by atoms with E-state index in [4.69, 9.17) is 0 Å². The summed E-state index contributed by atoms with van der Waals surface area (Å²) < 4.78 is 0. The third-order valence-electron chi connectivity index (χ3n) is 3.74. The van der Waals surface area contributed by atoms with Crippen molar-refractivity contribution in [1.29, 1.82) is 0 Å². The van der Waals surface area contributed by atoms with E-state index in [0.29, 0.717) is 12.2 Å². The number of aldehydes is 1. The maximum absolute atomic E-state index is 10.7. The molecule has 0 aromatic heterocycles. The van der Waals surface area contributed by atoms with Crippen LogP contribution in [-0.2, 0) is 17.6 Å². The van der Waals surface area contributed by atoms with E-state index in [1.807, 2.05) is 13.0 Å². The van der Waals surface area contributed by atoms with Gasteiger partial charge in [0, 0.05) is 5.92 Å². The zero-order valence-electron chi connectivity index (χ0n) is 12.9. The Labute approximate surface area is 123 Å². The van der Waals surface area contributed by atoms with Crippen molar-refractivity contribution in [1.82, 2.24) is 0 Å². The summed E-state index contributed by atoms with van der Waals surface area (Å²) in [7, 11) is 0. The first-order chi connectivity index (χ1) is 9.67. The standard InChI is InChI=1S/C18H28O2/c1-3-4-5-6-7-8-9-16-10-11-18(20)17(13-16)12-15(2)14-19/h10-11,13-15,20H,3-9,12H2,1-2H3. The van der Waals surface area contributed by atoms with E-state index >= 15 is 0 Å². The van der Waals surface area contributed by atoms with Crippen LogP contribution in [0.15, 0.2) is 18.2 Å². The number of benzene rings is 1. The van der Waals surface area contributed by atoms with Crippen molar-refractivity contribution >= 4 is 6.29 Å². The van der Waals surface area contributed by atoms with Gasteiger partial charge in [-0.05, 0) is 36.5 Å². The van der Waals surface area contributed by atoms with Crippen LogP contribution in [0.2, 0.25) is 0 Å². The number of aryl methyl sites for hydroxylation is 1. The third kappa shape index (κ3) is 6.23. The highest BCUT2D eigenvalue weighted by molar-refractivity contribution is 5.54. The zero-order chi connectivity index (χ0) is 14.8. The topological polar surface area (TPSA) is 37.3 Å². The van der Waals surface area contributed by atoms with E-state index in [-0.39, 0.29) is 5.92 Å². The largest absolute Gasteiger partial charge is 0.508 e. The summed E-state index contributed by atoms with van der Waals surface area (Å²) in [5.41, 5.74) is 2.17. The molecule has 0 amide bonds. The number of unbranched alkanes of at least 4 members (excludes halogenated alkanes) is 5. The zero-order valence-corrected chi connectivity index (χ0v) is 12.9. The van der Waals surface area contributed by atoms with Crippen molar-refractivity contribution in [2.45, 2.75) is 65.2 Å². The van der Waals surface area contributed by atoms with Crippen molar-refractivity contribution in [2.75, 3.05) is 0 Å². The molecule has 0 fully saturated rings. The van der Waals surface area contributed by atoms with Gasteiger partial charge in [-0.15, -0.1) is 0 Å². The number of phenolic OH excluding ortho intramolecular Hbond substituents is 1. The molecular formula is C18H28O2. The second-order valence-electron chi connectivity index (χ2n) is 5.80. The predicted molar refractivity (Wildman–Crippen MR) is 84.1 cm³/mol. The van der Waals surface area contributed by atoms with Crippen LogP contribution in [0.5, 0.6) is 5.75 Å². The molecule has 0 saturated heterocycles. The first kappa shape index (κ1) is 16.7. The molecule has 0 bridgehead atoms. The maximum Gasteiger partial charge on any atom is 0.123 e. The third-order valence-corrected chi connectivity index (χ3v) is 3.74. The van der Waals surface area contributed by atoms with Crippen LogP contribution >= 0.6 is 0 Å². The van der Waals surface area contributed by atoms with Gasteiger partial charge in [-0.25, -0.2) is 0 Å². The van der Waals surface area contributed by atoms with Crippen LogP contribution in [0.25, 0.3) is 0 Å². The Balaban J connectivity index is 2.42. The number of carbonyl (C=O) groups excluding carboxylic acids is 1. The summed E-state index contributed by atoms with van der Waals surface area (Å²) in [5, 5.41) is 9.83. The van der Waals surface area contributed by atoms with E-state index in [1.54, 1.807) is 6.07 Å². The highest BCUT2D eigenvalue weighted by atomic mass is 16.3. The molecule has 2 heteroatoms. The van der Waals surface area contributed by atoms with E-state index in [2.05, 4.69) is 13.0 Å². The number of aromatic hydroxyl groups is 1. The second-order valence-corrected chi connectivity index (χ2v) is 5.80. The number of hydrogen-bond acceptors (Lipinski definition) is 2. The van der Waals surface area contributed by atoms with Crippen LogP contribution in [-0.4, -0.2) is 11.4 Å². The minimum Gasteiger partial charge on any atom is -0.508 e. The molecule has 20 heavy (non-hydrogen) atoms. The summed E-state index contributed by atoms with van der Waals surface area (Å²) in [5.74, 6) is 0.274. The average Bonchev–Trinajstić information content (AvgIpc) is 2.45. The fourth-order valence-corrected chi connectivity index (χ4v) is 2.46. The van der Waals surface area contributed by atoms with Gasteiger partial charge in [0.2, 0.25) is 0 Å². The van der Waals surface area contributed by atoms with Gasteiger partial charge in [0.1, 0.15) is 12.0 Å². The van der Waals surface area contributed by atoms with Crippen LogP contribution in [0.4, 0.5) is 0 Å². The summed E-state index contributed by atoms with van der Waals surface area (Å²) in [6.45, 7) is 4.12. The summed E-state index contributed by atoms with van der Waals surface area (Å²) in [4.78, 5) is 10.7. The Hall–Kier alpha value is -1.31. The lowest BCUT2D eigenvalue weighted by atomic mass is 9.97. The molecule has 1 rings (SSSR count). The van der Waals surface area contributed by atoms with Gasteiger partial charge in [-0.1, -0.05) is 58.1 Å². The summed E-state index contributed by atoms with van der Waals surface area (Å²) in [6.07, 6.45) is 10.4. The molecule has 0 spiro atoms. The molecule has 0 aliphatic heterocycles. The fourth-order valence-electron chi connectivity index (χ4n) is 2.46. The minimum absolute atomic E-state index is 0.0369. The molecule has 0 radical (unpaired) electrons. The van der Waals surface area contributed by atoms with Crippen molar-refractivity contribution in [3.8, 4) is 5.75 Å². The van der Waals surface area contributed by atoms with Crippen LogP contribution < -0.4 is 0 Å². The van der Waals surface area contributed by atoms with Gasteiger partial charge < -0.3 is 9.90 Å². The highest BCUT2D eigenvalue weighted by Crippen LogP contribution is 2.22. The molecule has 0 aliphatic rings. The Morgan fingerprint density at radius 2 is 1.85 bits per heavy atom. The molecule has 112 valence electrons. The summed E-state index contributed by atoms with van der Waals surface area (Å²) >= 11 is 0. The Bertz CT molecular complexity index is 398. The van der Waals surface area contributed by atoms with E-state index in [1.165, 1.54) is 44.1 Å². The normalized spacial score (nSPS) is 12.3. The van der Waals surface area contributed by atoms with E-state index in [0.717, 1.165) is 18.3 Å². The number of phenols is 1. The first-order valence-electron chi connectivity index (χ1n) is 7.93. The summed E-state index contributed by atoms with van der Waals surface area (Å²) in [6, 6.07) is 5.82. The lowest BCUT2D eigenvalue weighted by Crippen LogP contribution is -2.01. The Morgan fingerprint density at radius 3 is 2.55 bits per heavy atom. The van der Waals surface area contributed by atoms with Crippen molar-refractivity contribution in [3.63, 3.8) is 0 Å². The number of hydrogen-bond donors (Lipinski definition) is 1. The molecular weight excluding hydrogens is 248 g/mol. The predicted octanol–water partition coefficient (Wildman–Crippen LogP) is 4.67. The quantitative estimate of drug-likeness (QED) is 0.498. The minimum atomic E-state index is -0.0369. The lowest BCUT2D eigenvalue weighted by molar-refractivity contribution is -0.110. The second kappa shape index (κ2) is 9.57. The van der Waals surface area contributed by atoms with E-state index in [9.17, 15) is 9.90 Å². The van der Waals surface area contributed by atoms with Crippen LogP contribution in [0.1, 0.15) is 63.5 Å². The molecule has 2 nitrogen and oxygen atoms in total. The maximum atomic E-state index is 10.7. The van der Waals surface area contributed by atoms with E-state index < -0.39 is 0 Å². The highest BCUT2D eigenvalue weighted by Gasteiger charge is 2.07. The van der Waals surface area contributed by atoms with Crippen LogP contribution in [0.3, 0.4) is 0 Å². The molecule has 1 N–H and O–H groups in total. The van der Waals surface area contributed by atoms with Crippen LogP contribution in [0, 0.1) is 5.92 Å². The van der Waals surface area contributed by atoms with Crippen molar-refractivity contribution < 1.29 is 9.90 Å². The molecule has 0 heterocycles. The van der Waals surface area contributed by atoms with Gasteiger partial charge in [0.15, 0.2) is 0 Å². The van der Waals surface area contributed by atoms with Gasteiger partial charge in [-0.2, -0.15) is 0 Å². The number of carbonyl (C=O) groups is 1. The molecule has 0 aliphatic carbocycles. The van der Waals surface area contributed by atoms with Gasteiger partial charge >= 0.3 is 0 Å². The molecule has 1 unspecified atom stereocenters. The monoisotopic (exact) mass is 276 g/mol. The smallest absolute Gasteiger partial charge is 0.123 e. The molecule has 1 aromatic carbocycles. The molecule has 1 aromatic rings. The Kier molecular flexibility index (Phi) is 8.01. The van der Waals surface area contributed by atoms with Gasteiger partial charge in [-0.3, -0.25) is 0 Å². The fraction of sp³-hybridized carbons (Fsp3) is 0.611. The van der Waals surface area contributed by atoms with Gasteiger partial charge in [0.05, 0.1) is 0 Å². The van der Waals surface area contributed by atoms with Gasteiger partial charge in [0.25, 0.3) is 0 Å². The molecule has 1 atom stereocenters.